The van der Waals surface area contributed by atoms with Crippen LogP contribution in [-0.2, 0) is 20.8 Å². The smallest absolute Gasteiger partial charge is 0.870 e. The molecule has 0 saturated heterocycles. The molecule has 0 heterocycles. The van der Waals surface area contributed by atoms with Crippen molar-refractivity contribution in [2.45, 2.75) is 0 Å². The van der Waals surface area contributed by atoms with E-state index in [-0.39, 0.29) is 136 Å². The van der Waals surface area contributed by atoms with Crippen LogP contribution in [0.5, 0.6) is 0 Å². The van der Waals surface area contributed by atoms with E-state index in [9.17, 15) is 0 Å². The van der Waals surface area contributed by atoms with E-state index in [4.69, 9.17) is 35.0 Å². The van der Waals surface area contributed by atoms with Gasteiger partial charge in [0.15, 0.2) is 0 Å². The first-order valence-electron chi connectivity index (χ1n) is 1.33. The van der Waals surface area contributed by atoms with Gasteiger partial charge >= 0.3 is 103 Å². The van der Waals surface area contributed by atoms with Crippen LogP contribution in [-0.4, -0.2) is 120 Å². The number of rotatable bonds is 0. The van der Waals surface area contributed by atoms with Crippen molar-refractivity contribution in [3.63, 3.8) is 0 Å². The fraction of sp³-hybridized carbons (Fsp3) is 0. The molecule has 20 heavy (non-hydrogen) atoms. The molecule has 112 valence electrons. The Balaban J connectivity index is -0.00000000427. The van der Waals surface area contributed by atoms with Gasteiger partial charge in [-0.25, -0.2) is 0 Å². The van der Waals surface area contributed by atoms with E-state index in [2.05, 4.69) is 0 Å². The van der Waals surface area contributed by atoms with Gasteiger partial charge in [0.2, 0.25) is 0 Å². The molecule has 0 aliphatic carbocycles. The van der Waals surface area contributed by atoms with E-state index >= 15 is 0 Å². The molecule has 0 atom stereocenters. The largest absolute Gasteiger partial charge is 3.00 e. The molecule has 20 heteroatoms. The molecule has 0 aliphatic heterocycles. The summed E-state index contributed by atoms with van der Waals surface area (Å²) in [5, 5.41) is 0. The fourth-order valence-electron chi connectivity index (χ4n) is 0. The molecule has 0 aromatic carbocycles. The van der Waals surface area contributed by atoms with Crippen LogP contribution in [0.15, 0.2) is 0 Å². The summed E-state index contributed by atoms with van der Waals surface area (Å²) in [6.07, 6.45) is 0. The zero-order chi connectivity index (χ0) is 9.00. The van der Waals surface area contributed by atoms with Crippen molar-refractivity contribution in [1.82, 2.24) is 0 Å². The topological polar surface area (TPSA) is 341 Å². The predicted molar refractivity (Wildman–Crippen MR) is 49.8 cm³/mol. The van der Waals surface area contributed by atoms with Crippen molar-refractivity contribution < 1.29 is 119 Å². The predicted octanol–water partition coefficient (Wildman–Crippen LogP) is -7.88. The van der Waals surface area contributed by atoms with E-state index in [0.717, 1.165) is 0 Å². The first-order chi connectivity index (χ1) is 4.00. The molecule has 0 aromatic heterocycles. The second kappa shape index (κ2) is 43.0. The standard InChI is InChI=1S/3Al.K.2H2O4S.6H2O/c;;;;2*1-5(2,3)4;;;;;;/h;;;;2*(H2,1,2,3,4);6*1H2/q3*+3;+1;;;;;;;;/p-10. The average molecular weight is 414 g/mol. The normalized spacial score (nSPS) is 5.80. The molecule has 0 fully saturated rings. The minimum Gasteiger partial charge on any atom is -0.870 e. The van der Waals surface area contributed by atoms with Gasteiger partial charge < -0.3 is 51.1 Å². The summed E-state index contributed by atoms with van der Waals surface area (Å²) in [6, 6.07) is 0. The third-order valence-corrected chi connectivity index (χ3v) is 0. The Bertz CT molecular complexity index is 223. The molecule has 0 rings (SSSR count). The maximum Gasteiger partial charge on any atom is 3.00 e. The van der Waals surface area contributed by atoms with E-state index in [1.165, 1.54) is 0 Å². The maximum atomic E-state index is 8.52. The van der Waals surface area contributed by atoms with Crippen molar-refractivity contribution in [2.24, 2.45) is 0 Å². The van der Waals surface area contributed by atoms with Gasteiger partial charge in [-0.2, -0.15) is 0 Å². The van der Waals surface area contributed by atoms with Gasteiger partial charge in [-0.05, 0) is 0 Å². The summed E-state index contributed by atoms with van der Waals surface area (Å²) in [5.74, 6) is 0. The van der Waals surface area contributed by atoms with Gasteiger partial charge in [0.25, 0.3) is 0 Å². The minimum absolute atomic E-state index is 0. The third kappa shape index (κ3) is 1080. The summed E-state index contributed by atoms with van der Waals surface area (Å²) in [5.41, 5.74) is 0. The summed E-state index contributed by atoms with van der Waals surface area (Å²) in [7, 11) is -10.3. The monoisotopic (exact) mass is 414 g/mol. The van der Waals surface area contributed by atoms with Crippen LogP contribution in [0.1, 0.15) is 0 Å². The van der Waals surface area contributed by atoms with Crippen molar-refractivity contribution in [3.05, 3.63) is 0 Å². The molecular formula is H6Al3KO14S2. The second-order valence-corrected chi connectivity index (χ2v) is 2.45. The average Bonchev–Trinajstić information content (AvgIpc) is 1.12. The summed E-state index contributed by atoms with van der Waals surface area (Å²) in [4.78, 5) is 0. The first-order valence-corrected chi connectivity index (χ1v) is 4.00. The van der Waals surface area contributed by atoms with Gasteiger partial charge in [-0.1, -0.05) is 0 Å². The molecule has 0 aromatic rings. The molecule has 0 amide bonds. The van der Waals surface area contributed by atoms with E-state index in [1.54, 1.807) is 0 Å². The minimum atomic E-state index is -5.17. The van der Waals surface area contributed by atoms with Gasteiger partial charge in [-0.3, -0.25) is 16.8 Å². The Kier molecular flexibility index (Phi) is 201. The summed E-state index contributed by atoms with van der Waals surface area (Å²) < 4.78 is 68.2. The molecule has 0 radical (unpaired) electrons. The van der Waals surface area contributed by atoms with Crippen molar-refractivity contribution in [3.8, 4) is 0 Å². The molecule has 6 N–H and O–H groups in total. The van der Waals surface area contributed by atoms with Crippen LogP contribution in [0.2, 0.25) is 0 Å². The maximum absolute atomic E-state index is 8.52. The fourth-order valence-corrected chi connectivity index (χ4v) is 0. The van der Waals surface area contributed by atoms with E-state index in [0.29, 0.717) is 0 Å². The Labute approximate surface area is 189 Å². The van der Waals surface area contributed by atoms with Crippen LogP contribution >= 0.6 is 0 Å². The molecule has 0 spiro atoms. The number of hydrogen-bond donors (Lipinski definition) is 0. The van der Waals surface area contributed by atoms with Gasteiger partial charge in [0, 0.05) is 20.8 Å². The third-order valence-electron chi connectivity index (χ3n) is 0. The van der Waals surface area contributed by atoms with Crippen LogP contribution in [0, 0.1) is 0 Å². The summed E-state index contributed by atoms with van der Waals surface area (Å²) >= 11 is 0. The zero-order valence-corrected chi connectivity index (χ0v) is 17.7. The zero-order valence-electron chi connectivity index (χ0n) is 9.50. The Morgan fingerprint density at radius 2 is 0.450 bits per heavy atom. The number of hydrogen-bond acceptors (Lipinski definition) is 14. The van der Waals surface area contributed by atoms with Crippen molar-refractivity contribution in [1.29, 1.82) is 0 Å². The quantitative estimate of drug-likeness (QED) is 0.202. The SMILES string of the molecule is O=S(=O)([O-])[O-].O=S(=O)([O-])[O-].[Al+3].[Al+3].[Al+3].[K+].[OH-].[OH-].[OH-].[OH-].[OH-].[OH-]. The molecule has 14 nitrogen and oxygen atoms in total. The summed E-state index contributed by atoms with van der Waals surface area (Å²) in [6.45, 7) is 0. The van der Waals surface area contributed by atoms with E-state index < -0.39 is 20.8 Å². The van der Waals surface area contributed by atoms with Crippen LogP contribution in [0.3, 0.4) is 0 Å². The van der Waals surface area contributed by atoms with Crippen molar-refractivity contribution in [2.75, 3.05) is 0 Å². The Hall–Kier alpha value is 2.73. The van der Waals surface area contributed by atoms with E-state index in [1.807, 2.05) is 0 Å². The molecule has 0 unspecified atom stereocenters. The van der Waals surface area contributed by atoms with Crippen LogP contribution in [0.25, 0.3) is 0 Å². The Morgan fingerprint density at radius 1 is 0.450 bits per heavy atom. The first kappa shape index (κ1) is 93.2. The van der Waals surface area contributed by atoms with Gasteiger partial charge in [-0.15, -0.1) is 0 Å². The van der Waals surface area contributed by atoms with Crippen molar-refractivity contribution >= 4 is 72.9 Å². The molecule has 0 aliphatic rings. The molecule has 0 bridgehead atoms. The van der Waals surface area contributed by atoms with Crippen LogP contribution in [0.4, 0.5) is 0 Å². The molecular weight excluding hydrogens is 408 g/mol. The molecule has 0 saturated carbocycles. The van der Waals surface area contributed by atoms with Crippen LogP contribution < -0.4 is 51.4 Å². The van der Waals surface area contributed by atoms with Gasteiger partial charge in [0.1, 0.15) is 0 Å². The van der Waals surface area contributed by atoms with Gasteiger partial charge in [0.05, 0.1) is 0 Å². The second-order valence-electron chi connectivity index (χ2n) is 0.816. The Morgan fingerprint density at radius 3 is 0.450 bits per heavy atom.